The van der Waals surface area contributed by atoms with E-state index in [4.69, 9.17) is 5.11 Å². The predicted molar refractivity (Wildman–Crippen MR) is 85.0 cm³/mol. The Labute approximate surface area is 133 Å². The first-order valence-electron chi connectivity index (χ1n) is 7.55. The van der Waals surface area contributed by atoms with Crippen molar-refractivity contribution in [3.8, 4) is 5.75 Å². The molecule has 22 heavy (non-hydrogen) atoms. The van der Waals surface area contributed by atoms with E-state index in [-0.39, 0.29) is 22.9 Å². The molecule has 0 aromatic heterocycles. The third-order valence-electron chi connectivity index (χ3n) is 4.35. The van der Waals surface area contributed by atoms with Gasteiger partial charge in [-0.1, -0.05) is 25.3 Å². The zero-order chi connectivity index (χ0) is 15.7. The normalized spacial score (nSPS) is 23.9. The van der Waals surface area contributed by atoms with Crippen LogP contribution in [0.3, 0.4) is 0 Å². The van der Waals surface area contributed by atoms with Crippen LogP contribution < -0.4 is 4.90 Å². The molecule has 1 unspecified atom stereocenters. The molecule has 3 rings (SSSR count). The summed E-state index contributed by atoms with van der Waals surface area (Å²) >= 11 is 1.49. The van der Waals surface area contributed by atoms with Gasteiger partial charge < -0.3 is 10.2 Å². The van der Waals surface area contributed by atoms with Crippen LogP contribution in [0.1, 0.15) is 38.5 Å². The number of phenols is 1. The first kappa shape index (κ1) is 15.2. The van der Waals surface area contributed by atoms with E-state index in [9.17, 15) is 14.7 Å². The highest BCUT2D eigenvalue weighted by molar-refractivity contribution is 8.02. The van der Waals surface area contributed by atoms with Crippen LogP contribution in [0, 0.1) is 0 Å². The molecule has 2 aliphatic rings. The smallest absolute Gasteiger partial charge is 0.305 e. The highest BCUT2D eigenvalue weighted by atomic mass is 32.2. The lowest BCUT2D eigenvalue weighted by molar-refractivity contribution is -0.138. The van der Waals surface area contributed by atoms with Crippen molar-refractivity contribution in [2.24, 2.45) is 0 Å². The summed E-state index contributed by atoms with van der Waals surface area (Å²) in [6, 6.07) is 6.67. The Balaban J connectivity index is 1.98. The van der Waals surface area contributed by atoms with Crippen molar-refractivity contribution in [2.45, 2.75) is 48.6 Å². The second kappa shape index (κ2) is 5.83. The molecule has 1 heterocycles. The molecule has 0 radical (unpaired) electrons. The molecule has 0 bridgehead atoms. The number of benzene rings is 1. The van der Waals surface area contributed by atoms with Gasteiger partial charge >= 0.3 is 5.97 Å². The minimum absolute atomic E-state index is 0.114. The van der Waals surface area contributed by atoms with E-state index < -0.39 is 11.2 Å². The standard InChI is InChI=1S/C16H19NO4S/c18-12-6-4-5-11(9-12)17-15(21)13(10-14(19)20)22-16(17)7-2-1-3-8-16/h4-6,9,13,18H,1-3,7-8,10H2,(H,19,20). The van der Waals surface area contributed by atoms with Gasteiger partial charge in [0.2, 0.25) is 5.91 Å². The molecule has 1 aliphatic heterocycles. The number of hydrogen-bond donors (Lipinski definition) is 2. The number of amides is 1. The van der Waals surface area contributed by atoms with Crippen LogP contribution in [-0.2, 0) is 9.59 Å². The summed E-state index contributed by atoms with van der Waals surface area (Å²) in [7, 11) is 0. The molecule has 1 aromatic carbocycles. The average Bonchev–Trinajstić information content (AvgIpc) is 2.71. The molecule has 118 valence electrons. The topological polar surface area (TPSA) is 77.8 Å². The van der Waals surface area contributed by atoms with Gasteiger partial charge in [0.15, 0.2) is 0 Å². The maximum Gasteiger partial charge on any atom is 0.305 e. The number of phenolic OH excluding ortho intramolecular Hbond substituents is 1. The number of carbonyl (C=O) groups is 2. The average molecular weight is 321 g/mol. The Kier molecular flexibility index (Phi) is 4.04. The largest absolute Gasteiger partial charge is 0.508 e. The quantitative estimate of drug-likeness (QED) is 0.895. The van der Waals surface area contributed by atoms with E-state index >= 15 is 0 Å². The molecule has 5 nitrogen and oxygen atoms in total. The van der Waals surface area contributed by atoms with Crippen LogP contribution >= 0.6 is 11.8 Å². The van der Waals surface area contributed by atoms with E-state index in [0.717, 1.165) is 32.1 Å². The summed E-state index contributed by atoms with van der Waals surface area (Å²) in [6.07, 6.45) is 4.81. The number of anilines is 1. The first-order chi connectivity index (χ1) is 10.5. The van der Waals surface area contributed by atoms with Crippen LogP contribution in [0.25, 0.3) is 0 Å². The third kappa shape index (κ3) is 2.67. The predicted octanol–water partition coefficient (Wildman–Crippen LogP) is 2.98. The lowest BCUT2D eigenvalue weighted by Crippen LogP contribution is -2.46. The Bertz CT molecular complexity index is 598. The van der Waals surface area contributed by atoms with Crippen molar-refractivity contribution in [1.82, 2.24) is 0 Å². The summed E-state index contributed by atoms with van der Waals surface area (Å²) < 4.78 is 0. The molecule has 2 fully saturated rings. The highest BCUT2D eigenvalue weighted by Crippen LogP contribution is 2.52. The Morgan fingerprint density at radius 3 is 2.68 bits per heavy atom. The maximum absolute atomic E-state index is 12.8. The first-order valence-corrected chi connectivity index (χ1v) is 8.42. The molecule has 1 aromatic rings. The van der Waals surface area contributed by atoms with E-state index in [2.05, 4.69) is 0 Å². The van der Waals surface area contributed by atoms with Gasteiger partial charge in [-0.15, -0.1) is 11.8 Å². The summed E-state index contributed by atoms with van der Waals surface area (Å²) in [6.45, 7) is 0. The van der Waals surface area contributed by atoms with Crippen molar-refractivity contribution in [2.75, 3.05) is 4.90 Å². The van der Waals surface area contributed by atoms with Crippen LogP contribution in [0.15, 0.2) is 24.3 Å². The van der Waals surface area contributed by atoms with Gasteiger partial charge in [-0.25, -0.2) is 0 Å². The molecule has 1 atom stereocenters. The number of carboxylic acid groups (broad SMARTS) is 1. The molecular formula is C16H19NO4S. The number of carboxylic acids is 1. The van der Waals surface area contributed by atoms with E-state index in [1.807, 2.05) is 0 Å². The SMILES string of the molecule is O=C(O)CC1SC2(CCCCC2)N(c2cccc(O)c2)C1=O. The number of carbonyl (C=O) groups excluding carboxylic acids is 1. The second-order valence-corrected chi connectivity index (χ2v) is 7.47. The Hall–Kier alpha value is -1.69. The molecule has 1 aliphatic carbocycles. The number of aromatic hydroxyl groups is 1. The van der Waals surface area contributed by atoms with Crippen molar-refractivity contribution in [3.63, 3.8) is 0 Å². The summed E-state index contributed by atoms with van der Waals surface area (Å²) in [5, 5.41) is 18.2. The molecular weight excluding hydrogens is 302 g/mol. The molecule has 2 N–H and O–H groups in total. The summed E-state index contributed by atoms with van der Waals surface area (Å²) in [5.74, 6) is -0.989. The van der Waals surface area contributed by atoms with E-state index in [1.165, 1.54) is 11.8 Å². The van der Waals surface area contributed by atoms with Crippen LogP contribution in [-0.4, -0.2) is 32.2 Å². The minimum Gasteiger partial charge on any atom is -0.508 e. The van der Waals surface area contributed by atoms with Gasteiger partial charge in [-0.3, -0.25) is 14.5 Å². The minimum atomic E-state index is -0.949. The fraction of sp³-hybridized carbons (Fsp3) is 0.500. The number of rotatable bonds is 3. The van der Waals surface area contributed by atoms with Gasteiger partial charge in [0.05, 0.1) is 16.5 Å². The lowest BCUT2D eigenvalue weighted by atomic mass is 9.92. The molecule has 1 saturated heterocycles. The molecule has 1 spiro atoms. The lowest BCUT2D eigenvalue weighted by Gasteiger charge is -2.40. The van der Waals surface area contributed by atoms with Crippen LogP contribution in [0.5, 0.6) is 5.75 Å². The molecule has 6 heteroatoms. The second-order valence-electron chi connectivity index (χ2n) is 5.90. The van der Waals surface area contributed by atoms with Gasteiger partial charge in [-0.05, 0) is 25.0 Å². The number of thioether (sulfide) groups is 1. The zero-order valence-corrected chi connectivity index (χ0v) is 13.0. The highest BCUT2D eigenvalue weighted by Gasteiger charge is 2.52. The monoisotopic (exact) mass is 321 g/mol. The van der Waals surface area contributed by atoms with Gasteiger partial charge in [0.25, 0.3) is 0 Å². The van der Waals surface area contributed by atoms with Crippen LogP contribution in [0.4, 0.5) is 5.69 Å². The van der Waals surface area contributed by atoms with E-state index in [1.54, 1.807) is 29.2 Å². The Morgan fingerprint density at radius 2 is 2.05 bits per heavy atom. The number of aliphatic carboxylic acids is 1. The zero-order valence-electron chi connectivity index (χ0n) is 12.2. The third-order valence-corrected chi connectivity index (χ3v) is 6.03. The maximum atomic E-state index is 12.8. The number of hydrogen-bond acceptors (Lipinski definition) is 4. The van der Waals surface area contributed by atoms with Crippen molar-refractivity contribution in [1.29, 1.82) is 0 Å². The van der Waals surface area contributed by atoms with E-state index in [0.29, 0.717) is 5.69 Å². The van der Waals surface area contributed by atoms with Crippen molar-refractivity contribution in [3.05, 3.63) is 24.3 Å². The summed E-state index contributed by atoms with van der Waals surface area (Å²) in [4.78, 5) is 25.2. The molecule has 1 amide bonds. The fourth-order valence-electron chi connectivity index (χ4n) is 3.44. The van der Waals surface area contributed by atoms with Crippen molar-refractivity contribution >= 4 is 29.3 Å². The van der Waals surface area contributed by atoms with Crippen LogP contribution in [0.2, 0.25) is 0 Å². The van der Waals surface area contributed by atoms with Gasteiger partial charge in [0, 0.05) is 11.8 Å². The number of nitrogens with zero attached hydrogens (tertiary/aromatic N) is 1. The molecule has 1 saturated carbocycles. The van der Waals surface area contributed by atoms with Gasteiger partial charge in [-0.2, -0.15) is 0 Å². The van der Waals surface area contributed by atoms with Gasteiger partial charge in [0.1, 0.15) is 5.75 Å². The fourth-order valence-corrected chi connectivity index (χ4v) is 5.23. The summed E-state index contributed by atoms with van der Waals surface area (Å²) in [5.41, 5.74) is 0.660. The van der Waals surface area contributed by atoms with Crippen molar-refractivity contribution < 1.29 is 19.8 Å². The Morgan fingerprint density at radius 1 is 1.32 bits per heavy atom.